The van der Waals surface area contributed by atoms with Crippen LogP contribution >= 0.6 is 0 Å². The van der Waals surface area contributed by atoms with Crippen molar-refractivity contribution in [2.75, 3.05) is 28.2 Å². The second-order valence-electron chi connectivity index (χ2n) is 6.80. The summed E-state index contributed by atoms with van der Waals surface area (Å²) in [4.78, 5) is 37.9. The fourth-order valence-corrected chi connectivity index (χ4v) is 3.52. The van der Waals surface area contributed by atoms with E-state index in [9.17, 15) is 9.59 Å². The second kappa shape index (κ2) is 7.19. The Morgan fingerprint density at radius 3 is 2.93 bits per heavy atom. The fourth-order valence-electron chi connectivity index (χ4n) is 3.52. The maximum absolute atomic E-state index is 13.0. The third kappa shape index (κ3) is 3.22. The molecule has 1 fully saturated rings. The maximum Gasteiger partial charge on any atom is 0.329 e. The number of terminal acetylenes is 1. The average Bonchev–Trinajstić information content (AvgIpc) is 3.12. The van der Waals surface area contributed by atoms with Crippen molar-refractivity contribution in [1.82, 2.24) is 15.3 Å². The third-order valence-corrected chi connectivity index (χ3v) is 4.90. The van der Waals surface area contributed by atoms with Crippen LogP contribution < -0.4 is 20.4 Å². The number of anilines is 3. The maximum atomic E-state index is 13.0. The van der Waals surface area contributed by atoms with Crippen molar-refractivity contribution in [3.63, 3.8) is 0 Å². The standard InChI is InChI=1S/C20H20N6O2/c1-3-13(2)22-19(27)15-7-8-16-18(23-15)26(14-9-11-25(16)12-14)20(28)24-17-6-4-5-10-21-17/h1,4-8,10,13-14H,9,11-12H2,2H3,(H,22,27)(H,21,24,28)/t13?,14-/m0/s1. The number of rotatable bonds is 3. The largest absolute Gasteiger partial charge is 0.366 e. The van der Waals surface area contributed by atoms with Gasteiger partial charge in [0.25, 0.3) is 5.91 Å². The molecule has 3 amide bonds. The van der Waals surface area contributed by atoms with Crippen LogP contribution in [-0.2, 0) is 0 Å². The van der Waals surface area contributed by atoms with Crippen LogP contribution in [0.3, 0.4) is 0 Å². The molecule has 2 aromatic rings. The molecule has 0 radical (unpaired) electrons. The van der Waals surface area contributed by atoms with Gasteiger partial charge in [0, 0.05) is 19.3 Å². The molecule has 0 saturated carbocycles. The molecule has 4 rings (SSSR count). The van der Waals surface area contributed by atoms with E-state index in [0.717, 1.165) is 25.2 Å². The summed E-state index contributed by atoms with van der Waals surface area (Å²) < 4.78 is 0. The number of hydrogen-bond donors (Lipinski definition) is 2. The molecule has 2 N–H and O–H groups in total. The van der Waals surface area contributed by atoms with Gasteiger partial charge >= 0.3 is 6.03 Å². The Morgan fingerprint density at radius 1 is 1.32 bits per heavy atom. The van der Waals surface area contributed by atoms with Crippen molar-refractivity contribution in [3.8, 4) is 12.3 Å². The zero-order valence-corrected chi connectivity index (χ0v) is 15.4. The van der Waals surface area contributed by atoms with E-state index in [1.54, 1.807) is 42.3 Å². The van der Waals surface area contributed by atoms with Crippen LogP contribution in [0.5, 0.6) is 0 Å². The minimum Gasteiger partial charge on any atom is -0.366 e. The summed E-state index contributed by atoms with van der Waals surface area (Å²) in [7, 11) is 0. The van der Waals surface area contributed by atoms with Crippen molar-refractivity contribution in [3.05, 3.63) is 42.2 Å². The molecule has 142 valence electrons. The molecule has 2 bridgehead atoms. The lowest BCUT2D eigenvalue weighted by molar-refractivity contribution is 0.0943. The van der Waals surface area contributed by atoms with Crippen molar-refractivity contribution >= 4 is 29.3 Å². The predicted octanol–water partition coefficient (Wildman–Crippen LogP) is 1.86. The van der Waals surface area contributed by atoms with E-state index in [2.05, 4.69) is 31.4 Å². The first-order valence-corrected chi connectivity index (χ1v) is 9.11. The highest BCUT2D eigenvalue weighted by Crippen LogP contribution is 2.39. The Hall–Kier alpha value is -3.60. The summed E-state index contributed by atoms with van der Waals surface area (Å²) in [6.07, 6.45) is 7.78. The summed E-state index contributed by atoms with van der Waals surface area (Å²) in [6.45, 7) is 3.30. The lowest BCUT2D eigenvalue weighted by Gasteiger charge is -2.35. The normalized spacial score (nSPS) is 18.1. The summed E-state index contributed by atoms with van der Waals surface area (Å²) in [6, 6.07) is 8.07. The minimum absolute atomic E-state index is 0.00773. The van der Waals surface area contributed by atoms with Crippen LogP contribution in [0.2, 0.25) is 0 Å². The molecule has 4 heterocycles. The van der Waals surface area contributed by atoms with Gasteiger partial charge in [-0.15, -0.1) is 6.42 Å². The highest BCUT2D eigenvalue weighted by molar-refractivity contribution is 6.05. The molecule has 28 heavy (non-hydrogen) atoms. The summed E-state index contributed by atoms with van der Waals surface area (Å²) in [5, 5.41) is 5.51. The molecule has 0 aliphatic carbocycles. The molecule has 2 atom stereocenters. The zero-order valence-electron chi connectivity index (χ0n) is 15.4. The van der Waals surface area contributed by atoms with Crippen LogP contribution in [0.4, 0.5) is 22.1 Å². The molecule has 2 aliphatic heterocycles. The van der Waals surface area contributed by atoms with Crippen LogP contribution in [0.1, 0.15) is 23.8 Å². The number of urea groups is 1. The van der Waals surface area contributed by atoms with Crippen molar-refractivity contribution in [2.45, 2.75) is 25.4 Å². The number of aromatic nitrogens is 2. The lowest BCUT2D eigenvalue weighted by Crippen LogP contribution is -2.48. The van der Waals surface area contributed by atoms with Crippen molar-refractivity contribution in [1.29, 1.82) is 0 Å². The number of amides is 3. The molecule has 2 aromatic heterocycles. The van der Waals surface area contributed by atoms with Crippen LogP contribution in [0.15, 0.2) is 36.5 Å². The van der Waals surface area contributed by atoms with E-state index in [0.29, 0.717) is 11.6 Å². The quantitative estimate of drug-likeness (QED) is 0.798. The van der Waals surface area contributed by atoms with Gasteiger partial charge in [-0.05, 0) is 37.6 Å². The monoisotopic (exact) mass is 376 g/mol. The molecular formula is C20H20N6O2. The first kappa shape index (κ1) is 17.8. The van der Waals surface area contributed by atoms with Gasteiger partial charge in [-0.3, -0.25) is 15.0 Å². The van der Waals surface area contributed by atoms with Gasteiger partial charge in [-0.25, -0.2) is 14.8 Å². The smallest absolute Gasteiger partial charge is 0.329 e. The Labute approximate surface area is 163 Å². The fraction of sp³-hybridized carbons (Fsp3) is 0.300. The van der Waals surface area contributed by atoms with Gasteiger partial charge in [-0.1, -0.05) is 12.0 Å². The molecule has 8 heteroatoms. The van der Waals surface area contributed by atoms with Crippen LogP contribution in [0.25, 0.3) is 0 Å². The van der Waals surface area contributed by atoms with E-state index < -0.39 is 6.04 Å². The number of fused-ring (bicyclic) bond motifs is 4. The third-order valence-electron chi connectivity index (χ3n) is 4.90. The van der Waals surface area contributed by atoms with Gasteiger partial charge in [0.2, 0.25) is 0 Å². The number of nitrogens with one attached hydrogen (secondary N) is 2. The summed E-state index contributed by atoms with van der Waals surface area (Å²) in [5.41, 5.74) is 1.06. The predicted molar refractivity (Wildman–Crippen MR) is 106 cm³/mol. The summed E-state index contributed by atoms with van der Waals surface area (Å²) >= 11 is 0. The van der Waals surface area contributed by atoms with E-state index in [-0.39, 0.29) is 23.7 Å². The Balaban J connectivity index is 1.66. The molecule has 1 saturated heterocycles. The van der Waals surface area contributed by atoms with Gasteiger partial charge in [0.05, 0.1) is 17.8 Å². The number of hydrogen-bond acceptors (Lipinski definition) is 5. The Kier molecular flexibility index (Phi) is 4.57. The topological polar surface area (TPSA) is 90.5 Å². The SMILES string of the molecule is C#CC(C)NC(=O)c1ccc2c(n1)N(C(=O)Nc1ccccn1)[C@H]1CCN2C1. The summed E-state index contributed by atoms with van der Waals surface area (Å²) in [5.74, 6) is 3.03. The average molecular weight is 376 g/mol. The molecule has 8 nitrogen and oxygen atoms in total. The van der Waals surface area contributed by atoms with Gasteiger partial charge in [0.15, 0.2) is 5.82 Å². The van der Waals surface area contributed by atoms with E-state index in [1.807, 2.05) is 6.07 Å². The highest BCUT2D eigenvalue weighted by atomic mass is 16.2. The van der Waals surface area contributed by atoms with Crippen LogP contribution in [0, 0.1) is 12.3 Å². The van der Waals surface area contributed by atoms with Gasteiger partial charge < -0.3 is 10.2 Å². The number of carbonyl (C=O) groups is 2. The van der Waals surface area contributed by atoms with Gasteiger partial charge in [-0.2, -0.15) is 0 Å². The second-order valence-corrected chi connectivity index (χ2v) is 6.80. The molecule has 0 aromatic carbocycles. The van der Waals surface area contributed by atoms with E-state index in [4.69, 9.17) is 6.42 Å². The highest BCUT2D eigenvalue weighted by Gasteiger charge is 2.40. The lowest BCUT2D eigenvalue weighted by atomic mass is 10.1. The van der Waals surface area contributed by atoms with Gasteiger partial charge in [0.1, 0.15) is 11.5 Å². The number of pyridine rings is 2. The van der Waals surface area contributed by atoms with E-state index >= 15 is 0 Å². The molecule has 2 aliphatic rings. The number of nitrogens with zero attached hydrogens (tertiary/aromatic N) is 4. The Bertz CT molecular complexity index is 955. The number of carbonyl (C=O) groups excluding carboxylic acids is 2. The zero-order chi connectivity index (χ0) is 19.7. The molecule has 0 spiro atoms. The van der Waals surface area contributed by atoms with Crippen LogP contribution in [-0.4, -0.2) is 47.1 Å². The minimum atomic E-state index is -0.409. The Morgan fingerprint density at radius 2 is 2.18 bits per heavy atom. The van der Waals surface area contributed by atoms with E-state index in [1.165, 1.54) is 0 Å². The van der Waals surface area contributed by atoms with Crippen molar-refractivity contribution in [2.24, 2.45) is 0 Å². The first-order chi connectivity index (χ1) is 13.6. The molecule has 1 unspecified atom stereocenters. The van der Waals surface area contributed by atoms with Crippen molar-refractivity contribution < 1.29 is 9.59 Å². The first-order valence-electron chi connectivity index (χ1n) is 9.11. The molecular weight excluding hydrogens is 356 g/mol.